The van der Waals surface area contributed by atoms with Crippen molar-refractivity contribution in [2.75, 3.05) is 5.73 Å². The number of hydrogen-bond donors (Lipinski definition) is 1. The van der Waals surface area contributed by atoms with Gasteiger partial charge in [0.15, 0.2) is 0 Å². The number of anilines is 1. The SMILES string of the molecule is CCc1oc(N)nc1-c1ccc(Cl)cc1Cl. The first-order valence-electron chi connectivity index (χ1n) is 4.82. The Morgan fingerprint density at radius 3 is 2.75 bits per heavy atom. The van der Waals surface area contributed by atoms with E-state index in [2.05, 4.69) is 4.98 Å². The maximum Gasteiger partial charge on any atom is 0.292 e. The van der Waals surface area contributed by atoms with Gasteiger partial charge in [0.05, 0.1) is 5.02 Å². The highest BCUT2D eigenvalue weighted by Gasteiger charge is 2.14. The van der Waals surface area contributed by atoms with Crippen molar-refractivity contribution >= 4 is 29.2 Å². The first-order valence-corrected chi connectivity index (χ1v) is 5.58. The van der Waals surface area contributed by atoms with Crippen LogP contribution in [0.25, 0.3) is 11.3 Å². The van der Waals surface area contributed by atoms with Crippen LogP contribution in [0.15, 0.2) is 22.6 Å². The highest BCUT2D eigenvalue weighted by Crippen LogP contribution is 2.33. The van der Waals surface area contributed by atoms with Crippen LogP contribution < -0.4 is 5.73 Å². The first-order chi connectivity index (χ1) is 7.61. The van der Waals surface area contributed by atoms with Gasteiger partial charge in [-0.05, 0) is 18.2 Å². The second-order valence-electron chi connectivity index (χ2n) is 3.30. The molecule has 1 aromatic heterocycles. The summed E-state index contributed by atoms with van der Waals surface area (Å²) in [6, 6.07) is 5.38. The van der Waals surface area contributed by atoms with Gasteiger partial charge in [-0.25, -0.2) is 0 Å². The molecule has 0 aliphatic rings. The van der Waals surface area contributed by atoms with Crippen molar-refractivity contribution in [3.8, 4) is 11.3 Å². The molecule has 2 aromatic rings. The summed E-state index contributed by atoms with van der Waals surface area (Å²) in [5.74, 6) is 0.724. The highest BCUT2D eigenvalue weighted by atomic mass is 35.5. The summed E-state index contributed by atoms with van der Waals surface area (Å²) < 4.78 is 5.28. The minimum absolute atomic E-state index is 0.151. The molecule has 0 aliphatic heterocycles. The van der Waals surface area contributed by atoms with E-state index < -0.39 is 0 Å². The molecule has 2 rings (SSSR count). The molecular formula is C11H10Cl2N2O. The molecule has 0 fully saturated rings. The Morgan fingerprint density at radius 1 is 1.38 bits per heavy atom. The topological polar surface area (TPSA) is 52.0 Å². The van der Waals surface area contributed by atoms with Crippen LogP contribution in [0.1, 0.15) is 12.7 Å². The smallest absolute Gasteiger partial charge is 0.292 e. The Bertz CT molecular complexity index is 523. The Balaban J connectivity index is 2.57. The predicted molar refractivity (Wildman–Crippen MR) is 65.7 cm³/mol. The van der Waals surface area contributed by atoms with E-state index in [9.17, 15) is 0 Å². The lowest BCUT2D eigenvalue weighted by atomic mass is 10.1. The number of nitrogens with two attached hydrogens (primary N) is 1. The molecule has 0 radical (unpaired) electrons. The Labute approximate surface area is 103 Å². The lowest BCUT2D eigenvalue weighted by molar-refractivity contribution is 0.530. The molecule has 0 aliphatic carbocycles. The molecule has 0 saturated carbocycles. The summed E-state index contributed by atoms with van der Waals surface area (Å²) in [5, 5.41) is 1.12. The molecule has 2 N–H and O–H groups in total. The van der Waals surface area contributed by atoms with E-state index in [1.54, 1.807) is 18.2 Å². The number of benzene rings is 1. The zero-order valence-electron chi connectivity index (χ0n) is 8.63. The maximum absolute atomic E-state index is 6.10. The third kappa shape index (κ3) is 2.01. The van der Waals surface area contributed by atoms with Crippen molar-refractivity contribution in [3.05, 3.63) is 34.0 Å². The molecule has 0 spiro atoms. The van der Waals surface area contributed by atoms with Gasteiger partial charge in [-0.2, -0.15) is 4.98 Å². The van der Waals surface area contributed by atoms with Crippen LogP contribution in [-0.2, 0) is 6.42 Å². The van der Waals surface area contributed by atoms with Crippen LogP contribution in [0, 0.1) is 0 Å². The molecule has 0 amide bonds. The largest absolute Gasteiger partial charge is 0.428 e. The number of halogens is 2. The fourth-order valence-corrected chi connectivity index (χ4v) is 2.00. The van der Waals surface area contributed by atoms with Crippen molar-refractivity contribution in [2.45, 2.75) is 13.3 Å². The molecule has 1 aromatic carbocycles. The zero-order valence-corrected chi connectivity index (χ0v) is 10.1. The number of nitrogens with zero attached hydrogens (tertiary/aromatic N) is 1. The fraction of sp³-hybridized carbons (Fsp3) is 0.182. The summed E-state index contributed by atoms with van der Waals surface area (Å²) >= 11 is 11.9. The Morgan fingerprint density at radius 2 is 2.12 bits per heavy atom. The van der Waals surface area contributed by atoms with Gasteiger partial charge in [-0.3, -0.25) is 0 Å². The normalized spacial score (nSPS) is 10.7. The molecule has 0 saturated heterocycles. The number of aryl methyl sites for hydroxylation is 1. The van der Waals surface area contributed by atoms with Crippen molar-refractivity contribution in [2.24, 2.45) is 0 Å². The summed E-state index contributed by atoms with van der Waals surface area (Å²) in [4.78, 5) is 4.13. The minimum Gasteiger partial charge on any atom is -0.428 e. The van der Waals surface area contributed by atoms with E-state index in [4.69, 9.17) is 33.4 Å². The van der Waals surface area contributed by atoms with E-state index in [-0.39, 0.29) is 6.01 Å². The van der Waals surface area contributed by atoms with Gasteiger partial charge in [0.25, 0.3) is 6.01 Å². The summed E-state index contributed by atoms with van der Waals surface area (Å²) in [5.41, 5.74) is 6.99. The van der Waals surface area contributed by atoms with Gasteiger partial charge in [0.1, 0.15) is 11.5 Å². The van der Waals surface area contributed by atoms with Crippen LogP contribution in [0.3, 0.4) is 0 Å². The third-order valence-electron chi connectivity index (χ3n) is 2.22. The average Bonchev–Trinajstić information content (AvgIpc) is 2.59. The predicted octanol–water partition coefficient (Wildman–Crippen LogP) is 3.79. The van der Waals surface area contributed by atoms with Crippen molar-refractivity contribution in [1.29, 1.82) is 0 Å². The second-order valence-corrected chi connectivity index (χ2v) is 4.15. The molecule has 1 heterocycles. The van der Waals surface area contributed by atoms with Gasteiger partial charge >= 0.3 is 0 Å². The quantitative estimate of drug-likeness (QED) is 0.890. The van der Waals surface area contributed by atoms with Gasteiger partial charge in [-0.15, -0.1) is 0 Å². The van der Waals surface area contributed by atoms with Crippen molar-refractivity contribution in [3.63, 3.8) is 0 Å². The maximum atomic E-state index is 6.10. The van der Waals surface area contributed by atoms with E-state index in [0.29, 0.717) is 22.2 Å². The summed E-state index contributed by atoms with van der Waals surface area (Å²) in [6.07, 6.45) is 0.707. The highest BCUT2D eigenvalue weighted by molar-refractivity contribution is 6.36. The van der Waals surface area contributed by atoms with Gasteiger partial charge in [-0.1, -0.05) is 30.1 Å². The van der Waals surface area contributed by atoms with E-state index in [0.717, 1.165) is 11.3 Å². The van der Waals surface area contributed by atoms with Crippen LogP contribution in [0.5, 0.6) is 0 Å². The minimum atomic E-state index is 0.151. The first kappa shape index (κ1) is 11.3. The Kier molecular flexibility index (Phi) is 3.08. The van der Waals surface area contributed by atoms with Gasteiger partial charge in [0.2, 0.25) is 0 Å². The number of nitrogen functional groups attached to an aromatic ring is 1. The number of aromatic nitrogens is 1. The van der Waals surface area contributed by atoms with E-state index >= 15 is 0 Å². The van der Waals surface area contributed by atoms with E-state index in [1.165, 1.54) is 0 Å². The molecule has 0 bridgehead atoms. The second kappa shape index (κ2) is 4.36. The standard InChI is InChI=1S/C11H10Cl2N2O/c1-2-9-10(15-11(14)16-9)7-4-3-6(12)5-8(7)13/h3-5H,2H2,1H3,(H2,14,15). The van der Waals surface area contributed by atoms with Crippen LogP contribution in [0.4, 0.5) is 6.01 Å². The molecule has 84 valence electrons. The summed E-state index contributed by atoms with van der Waals surface area (Å²) in [6.45, 7) is 1.97. The lowest BCUT2D eigenvalue weighted by Gasteiger charge is -2.02. The molecule has 0 atom stereocenters. The molecule has 0 unspecified atom stereocenters. The van der Waals surface area contributed by atoms with Crippen molar-refractivity contribution < 1.29 is 4.42 Å². The monoisotopic (exact) mass is 256 g/mol. The Hall–Kier alpha value is -1.19. The molecule has 16 heavy (non-hydrogen) atoms. The number of oxazole rings is 1. The van der Waals surface area contributed by atoms with Crippen molar-refractivity contribution in [1.82, 2.24) is 4.98 Å². The molecule has 5 heteroatoms. The van der Waals surface area contributed by atoms with Gasteiger partial charge < -0.3 is 10.2 Å². The average molecular weight is 257 g/mol. The third-order valence-corrected chi connectivity index (χ3v) is 2.77. The van der Waals surface area contributed by atoms with E-state index in [1.807, 2.05) is 6.92 Å². The zero-order chi connectivity index (χ0) is 11.7. The fourth-order valence-electron chi connectivity index (χ4n) is 1.50. The molecular weight excluding hydrogens is 247 g/mol. The van der Waals surface area contributed by atoms with Crippen LogP contribution in [0.2, 0.25) is 10.0 Å². The van der Waals surface area contributed by atoms with Gasteiger partial charge in [0, 0.05) is 17.0 Å². The lowest BCUT2D eigenvalue weighted by Crippen LogP contribution is -1.86. The van der Waals surface area contributed by atoms with Crippen LogP contribution >= 0.6 is 23.2 Å². The number of rotatable bonds is 2. The number of hydrogen-bond acceptors (Lipinski definition) is 3. The molecule has 3 nitrogen and oxygen atoms in total. The van der Waals surface area contributed by atoms with Crippen LogP contribution in [-0.4, -0.2) is 4.98 Å². The summed E-state index contributed by atoms with van der Waals surface area (Å²) in [7, 11) is 0.